The molecule has 0 radical (unpaired) electrons. The maximum Gasteiger partial charge on any atom is 0.344 e. The van der Waals surface area contributed by atoms with Crippen LogP contribution in [0.2, 0.25) is 5.02 Å². The number of benzene rings is 1. The number of ether oxygens (including phenoxy) is 1. The molecule has 1 aromatic carbocycles. The van der Waals surface area contributed by atoms with Crippen LogP contribution in [-0.2, 0) is 4.79 Å². The van der Waals surface area contributed by atoms with Gasteiger partial charge in [0.25, 0.3) is 0 Å². The molecule has 0 aliphatic rings. The van der Waals surface area contributed by atoms with Gasteiger partial charge in [0.15, 0.2) is 6.10 Å². The second-order valence-corrected chi connectivity index (χ2v) is 4.48. The van der Waals surface area contributed by atoms with Crippen LogP contribution >= 0.6 is 11.6 Å². The van der Waals surface area contributed by atoms with Crippen molar-refractivity contribution in [2.75, 3.05) is 7.05 Å². The summed E-state index contributed by atoms with van der Waals surface area (Å²) >= 11 is 5.95. The zero-order valence-electron chi connectivity index (χ0n) is 10.7. The minimum absolute atomic E-state index is 0.0324. The van der Waals surface area contributed by atoms with Gasteiger partial charge in [-0.2, -0.15) is 0 Å². The summed E-state index contributed by atoms with van der Waals surface area (Å²) in [4.78, 5) is 11.0. The average molecular weight is 272 g/mol. The number of carboxylic acid groups (broad SMARTS) is 1. The SMILES string of the molecule is CCC(Oc1ccc(Cl)cc1C(C)NC)C(=O)O. The fourth-order valence-corrected chi connectivity index (χ4v) is 1.76. The van der Waals surface area contributed by atoms with Crippen LogP contribution in [0, 0.1) is 0 Å². The van der Waals surface area contributed by atoms with Crippen LogP contribution in [0.15, 0.2) is 18.2 Å². The number of halogens is 1. The predicted octanol–water partition coefficient (Wildman–Crippen LogP) is 2.86. The van der Waals surface area contributed by atoms with E-state index in [0.717, 1.165) is 5.56 Å². The van der Waals surface area contributed by atoms with Gasteiger partial charge in [-0.3, -0.25) is 0 Å². The number of hydrogen-bond donors (Lipinski definition) is 2. The van der Waals surface area contributed by atoms with E-state index in [1.807, 2.05) is 14.0 Å². The van der Waals surface area contributed by atoms with Crippen molar-refractivity contribution in [2.24, 2.45) is 0 Å². The van der Waals surface area contributed by atoms with Crippen molar-refractivity contribution in [3.8, 4) is 5.75 Å². The zero-order chi connectivity index (χ0) is 13.7. The summed E-state index contributed by atoms with van der Waals surface area (Å²) in [5.41, 5.74) is 0.852. The van der Waals surface area contributed by atoms with Crippen molar-refractivity contribution in [3.63, 3.8) is 0 Å². The summed E-state index contributed by atoms with van der Waals surface area (Å²) < 4.78 is 5.54. The van der Waals surface area contributed by atoms with Crippen LogP contribution in [0.25, 0.3) is 0 Å². The van der Waals surface area contributed by atoms with Crippen LogP contribution < -0.4 is 10.1 Å². The van der Waals surface area contributed by atoms with E-state index in [2.05, 4.69) is 5.32 Å². The van der Waals surface area contributed by atoms with Crippen molar-refractivity contribution < 1.29 is 14.6 Å². The Morgan fingerprint density at radius 3 is 2.72 bits per heavy atom. The van der Waals surface area contributed by atoms with Gasteiger partial charge in [-0.05, 0) is 38.6 Å². The lowest BCUT2D eigenvalue weighted by atomic mass is 10.1. The molecule has 0 amide bonds. The van der Waals surface area contributed by atoms with Crippen LogP contribution in [0.4, 0.5) is 0 Å². The van der Waals surface area contributed by atoms with Crippen LogP contribution in [0.1, 0.15) is 31.9 Å². The van der Waals surface area contributed by atoms with Crippen molar-refractivity contribution in [1.82, 2.24) is 5.32 Å². The third-order valence-electron chi connectivity index (χ3n) is 2.79. The van der Waals surface area contributed by atoms with Gasteiger partial charge in [-0.15, -0.1) is 0 Å². The Labute approximate surface area is 112 Å². The van der Waals surface area contributed by atoms with Gasteiger partial charge in [-0.1, -0.05) is 18.5 Å². The number of hydrogen-bond acceptors (Lipinski definition) is 3. The lowest BCUT2D eigenvalue weighted by Crippen LogP contribution is -2.27. The molecule has 1 aromatic rings. The first-order chi connectivity index (χ1) is 8.49. The smallest absolute Gasteiger partial charge is 0.344 e. The minimum atomic E-state index is -0.962. The normalized spacial score (nSPS) is 14.0. The predicted molar refractivity (Wildman–Crippen MR) is 71.3 cm³/mol. The van der Waals surface area contributed by atoms with E-state index in [0.29, 0.717) is 17.2 Å². The molecular formula is C13H18ClNO3. The van der Waals surface area contributed by atoms with E-state index in [-0.39, 0.29) is 6.04 Å². The molecule has 2 N–H and O–H groups in total. The molecule has 5 heteroatoms. The Kier molecular flexibility index (Phi) is 5.44. The molecule has 0 saturated heterocycles. The third-order valence-corrected chi connectivity index (χ3v) is 3.02. The quantitative estimate of drug-likeness (QED) is 0.835. The summed E-state index contributed by atoms with van der Waals surface area (Å²) in [7, 11) is 1.82. The summed E-state index contributed by atoms with van der Waals surface area (Å²) in [6, 6.07) is 5.21. The lowest BCUT2D eigenvalue weighted by Gasteiger charge is -2.20. The molecule has 0 saturated carbocycles. The molecule has 100 valence electrons. The number of nitrogens with one attached hydrogen (secondary N) is 1. The van der Waals surface area contributed by atoms with Gasteiger partial charge in [0.2, 0.25) is 0 Å². The standard InChI is InChI=1S/C13H18ClNO3/c1-4-11(13(16)17)18-12-6-5-9(14)7-10(12)8(2)15-3/h5-8,11,15H,4H2,1-3H3,(H,16,17). The van der Waals surface area contributed by atoms with E-state index < -0.39 is 12.1 Å². The van der Waals surface area contributed by atoms with Crippen LogP contribution in [0.3, 0.4) is 0 Å². The van der Waals surface area contributed by atoms with Crippen molar-refractivity contribution in [1.29, 1.82) is 0 Å². The second kappa shape index (κ2) is 6.61. The first-order valence-corrected chi connectivity index (χ1v) is 6.23. The van der Waals surface area contributed by atoms with E-state index in [1.54, 1.807) is 25.1 Å². The Morgan fingerprint density at radius 2 is 2.22 bits per heavy atom. The molecular weight excluding hydrogens is 254 g/mol. The number of carbonyl (C=O) groups is 1. The summed E-state index contributed by atoms with van der Waals surface area (Å²) in [5.74, 6) is -0.411. The summed E-state index contributed by atoms with van der Waals surface area (Å²) in [6.07, 6.45) is -0.431. The topological polar surface area (TPSA) is 58.6 Å². The molecule has 18 heavy (non-hydrogen) atoms. The average Bonchev–Trinajstić information content (AvgIpc) is 2.35. The van der Waals surface area contributed by atoms with Gasteiger partial charge >= 0.3 is 5.97 Å². The Balaban J connectivity index is 3.04. The third kappa shape index (κ3) is 3.62. The van der Waals surface area contributed by atoms with Crippen molar-refractivity contribution in [3.05, 3.63) is 28.8 Å². The van der Waals surface area contributed by atoms with Crippen molar-refractivity contribution >= 4 is 17.6 Å². The zero-order valence-corrected chi connectivity index (χ0v) is 11.5. The number of aliphatic carboxylic acids is 1. The Hall–Kier alpha value is -1.26. The number of carboxylic acids is 1. The van der Waals surface area contributed by atoms with Gasteiger partial charge in [0.1, 0.15) is 5.75 Å². The van der Waals surface area contributed by atoms with Gasteiger partial charge < -0.3 is 15.2 Å². The second-order valence-electron chi connectivity index (χ2n) is 4.05. The molecule has 0 bridgehead atoms. The largest absolute Gasteiger partial charge is 0.479 e. The van der Waals surface area contributed by atoms with E-state index in [9.17, 15) is 4.79 Å². The first kappa shape index (κ1) is 14.8. The number of rotatable bonds is 6. The molecule has 0 spiro atoms. The molecule has 4 nitrogen and oxygen atoms in total. The molecule has 2 unspecified atom stereocenters. The monoisotopic (exact) mass is 271 g/mol. The van der Waals surface area contributed by atoms with Gasteiger partial charge in [0.05, 0.1) is 0 Å². The highest BCUT2D eigenvalue weighted by Crippen LogP contribution is 2.29. The Bertz CT molecular complexity index is 423. The highest BCUT2D eigenvalue weighted by Gasteiger charge is 2.20. The molecule has 0 fully saturated rings. The lowest BCUT2D eigenvalue weighted by molar-refractivity contribution is -0.145. The van der Waals surface area contributed by atoms with Gasteiger partial charge in [0, 0.05) is 16.6 Å². The summed E-state index contributed by atoms with van der Waals surface area (Å²) in [6.45, 7) is 3.73. The minimum Gasteiger partial charge on any atom is -0.479 e. The molecule has 0 aromatic heterocycles. The molecule has 2 atom stereocenters. The fraction of sp³-hybridized carbons (Fsp3) is 0.462. The van der Waals surface area contributed by atoms with Gasteiger partial charge in [-0.25, -0.2) is 4.79 Å². The molecule has 0 heterocycles. The van der Waals surface area contributed by atoms with E-state index >= 15 is 0 Å². The highest BCUT2D eigenvalue weighted by molar-refractivity contribution is 6.30. The van der Waals surface area contributed by atoms with Crippen LogP contribution in [0.5, 0.6) is 5.75 Å². The summed E-state index contributed by atoms with van der Waals surface area (Å²) in [5, 5.41) is 12.7. The molecule has 0 aliphatic carbocycles. The van der Waals surface area contributed by atoms with E-state index in [4.69, 9.17) is 21.4 Å². The molecule has 1 rings (SSSR count). The van der Waals surface area contributed by atoms with E-state index in [1.165, 1.54) is 0 Å². The maximum absolute atomic E-state index is 11.0. The highest BCUT2D eigenvalue weighted by atomic mass is 35.5. The van der Waals surface area contributed by atoms with Crippen molar-refractivity contribution in [2.45, 2.75) is 32.4 Å². The fourth-order valence-electron chi connectivity index (χ4n) is 1.58. The Morgan fingerprint density at radius 1 is 1.56 bits per heavy atom. The van der Waals surface area contributed by atoms with Crippen LogP contribution in [-0.4, -0.2) is 24.2 Å². The first-order valence-electron chi connectivity index (χ1n) is 5.85. The molecule has 0 aliphatic heterocycles. The maximum atomic E-state index is 11.0.